The van der Waals surface area contributed by atoms with Crippen molar-refractivity contribution < 1.29 is 4.52 Å². The van der Waals surface area contributed by atoms with Gasteiger partial charge in [0.05, 0.1) is 6.04 Å². The van der Waals surface area contributed by atoms with Crippen molar-refractivity contribution in [2.24, 2.45) is 0 Å². The van der Waals surface area contributed by atoms with Crippen molar-refractivity contribution in [2.75, 3.05) is 24.6 Å². The summed E-state index contributed by atoms with van der Waals surface area (Å²) < 4.78 is 5.42. The van der Waals surface area contributed by atoms with Crippen LogP contribution in [0, 0.1) is 0 Å². The van der Waals surface area contributed by atoms with Gasteiger partial charge in [-0.3, -0.25) is 4.90 Å². The summed E-state index contributed by atoms with van der Waals surface area (Å²) in [6, 6.07) is 10.1. The van der Waals surface area contributed by atoms with Crippen molar-refractivity contribution in [3.63, 3.8) is 0 Å². The lowest BCUT2D eigenvalue weighted by atomic mass is 10.2. The molecule has 1 fully saturated rings. The largest absolute Gasteiger partial charge is 0.337 e. The molecule has 4 nitrogen and oxygen atoms in total. The number of rotatable bonds is 3. The summed E-state index contributed by atoms with van der Waals surface area (Å²) in [5.41, 5.74) is 0.999. The Morgan fingerprint density at radius 2 is 1.95 bits per heavy atom. The zero-order valence-electron chi connectivity index (χ0n) is 11.0. The molecule has 0 N–H and O–H groups in total. The molecule has 0 bridgehead atoms. The van der Waals surface area contributed by atoms with E-state index in [-0.39, 0.29) is 6.04 Å². The summed E-state index contributed by atoms with van der Waals surface area (Å²) in [6.07, 6.45) is 0. The lowest BCUT2D eigenvalue weighted by Gasteiger charge is -2.29. The summed E-state index contributed by atoms with van der Waals surface area (Å²) >= 11 is 2.01. The maximum atomic E-state index is 5.42. The molecule has 2 heterocycles. The molecular formula is C14H17N3OS. The summed E-state index contributed by atoms with van der Waals surface area (Å²) in [5, 5.41) is 4.08. The molecule has 100 valence electrons. The molecule has 2 aromatic rings. The van der Waals surface area contributed by atoms with E-state index in [9.17, 15) is 0 Å². The van der Waals surface area contributed by atoms with Crippen LogP contribution < -0.4 is 0 Å². The topological polar surface area (TPSA) is 42.2 Å². The Hall–Kier alpha value is -1.33. The number of nitrogens with zero attached hydrogens (tertiary/aromatic N) is 3. The first kappa shape index (κ1) is 12.7. The monoisotopic (exact) mass is 275 g/mol. The van der Waals surface area contributed by atoms with Gasteiger partial charge in [0.2, 0.25) is 11.7 Å². The molecule has 19 heavy (non-hydrogen) atoms. The predicted molar refractivity (Wildman–Crippen MR) is 77.0 cm³/mol. The van der Waals surface area contributed by atoms with E-state index in [1.807, 2.05) is 42.1 Å². The fourth-order valence-electron chi connectivity index (χ4n) is 2.23. The molecule has 0 radical (unpaired) electrons. The fraction of sp³-hybridized carbons (Fsp3) is 0.429. The van der Waals surface area contributed by atoms with Crippen molar-refractivity contribution in [3.8, 4) is 11.4 Å². The highest BCUT2D eigenvalue weighted by molar-refractivity contribution is 7.99. The van der Waals surface area contributed by atoms with Gasteiger partial charge in [-0.25, -0.2) is 0 Å². The molecule has 1 atom stereocenters. The second-order valence-corrected chi connectivity index (χ2v) is 5.87. The van der Waals surface area contributed by atoms with Crippen molar-refractivity contribution in [1.82, 2.24) is 15.0 Å². The maximum Gasteiger partial charge on any atom is 0.244 e. The first-order valence-electron chi connectivity index (χ1n) is 6.55. The van der Waals surface area contributed by atoms with Gasteiger partial charge in [-0.2, -0.15) is 16.7 Å². The molecule has 1 aliphatic heterocycles. The quantitative estimate of drug-likeness (QED) is 0.861. The van der Waals surface area contributed by atoms with Gasteiger partial charge in [0.15, 0.2) is 0 Å². The summed E-state index contributed by atoms with van der Waals surface area (Å²) in [6.45, 7) is 4.32. The van der Waals surface area contributed by atoms with Crippen LogP contribution in [0.3, 0.4) is 0 Å². The minimum atomic E-state index is 0.200. The molecule has 1 aliphatic rings. The van der Waals surface area contributed by atoms with Crippen molar-refractivity contribution in [2.45, 2.75) is 13.0 Å². The molecule has 0 spiro atoms. The van der Waals surface area contributed by atoms with Crippen LogP contribution in [0.5, 0.6) is 0 Å². The molecule has 0 unspecified atom stereocenters. The Balaban J connectivity index is 1.77. The molecule has 1 aromatic carbocycles. The number of hydrogen-bond donors (Lipinski definition) is 0. The first-order chi connectivity index (χ1) is 9.34. The van der Waals surface area contributed by atoms with Crippen molar-refractivity contribution >= 4 is 11.8 Å². The van der Waals surface area contributed by atoms with Crippen LogP contribution in [0.4, 0.5) is 0 Å². The lowest BCUT2D eigenvalue weighted by Crippen LogP contribution is -2.34. The third kappa shape index (κ3) is 2.82. The van der Waals surface area contributed by atoms with Crippen LogP contribution >= 0.6 is 11.8 Å². The van der Waals surface area contributed by atoms with Gasteiger partial charge in [-0.05, 0) is 6.92 Å². The van der Waals surface area contributed by atoms with Gasteiger partial charge < -0.3 is 4.52 Å². The van der Waals surface area contributed by atoms with E-state index in [2.05, 4.69) is 22.0 Å². The molecule has 0 saturated carbocycles. The van der Waals surface area contributed by atoms with E-state index in [1.165, 1.54) is 11.5 Å². The van der Waals surface area contributed by atoms with Crippen LogP contribution in [-0.4, -0.2) is 39.6 Å². The molecule has 0 amide bonds. The van der Waals surface area contributed by atoms with Crippen molar-refractivity contribution in [3.05, 3.63) is 36.2 Å². The van der Waals surface area contributed by atoms with Gasteiger partial charge in [0.1, 0.15) is 0 Å². The highest BCUT2D eigenvalue weighted by atomic mass is 32.2. The summed E-state index contributed by atoms with van der Waals surface area (Å²) in [5.74, 6) is 3.76. The highest BCUT2D eigenvalue weighted by Crippen LogP contribution is 2.24. The average molecular weight is 275 g/mol. The van der Waals surface area contributed by atoms with E-state index < -0.39 is 0 Å². The normalized spacial score (nSPS) is 18.4. The minimum absolute atomic E-state index is 0.200. The van der Waals surface area contributed by atoms with Gasteiger partial charge in [-0.1, -0.05) is 35.5 Å². The molecule has 3 rings (SSSR count). The van der Waals surface area contributed by atoms with Crippen LogP contribution in [0.25, 0.3) is 11.4 Å². The van der Waals surface area contributed by atoms with Crippen LogP contribution in [-0.2, 0) is 0 Å². The Morgan fingerprint density at radius 1 is 1.21 bits per heavy atom. The second kappa shape index (κ2) is 5.75. The lowest BCUT2D eigenvalue weighted by molar-refractivity contribution is 0.189. The number of aromatic nitrogens is 2. The Morgan fingerprint density at radius 3 is 2.68 bits per heavy atom. The summed E-state index contributed by atoms with van der Waals surface area (Å²) in [4.78, 5) is 6.93. The van der Waals surface area contributed by atoms with Gasteiger partial charge >= 0.3 is 0 Å². The third-order valence-electron chi connectivity index (χ3n) is 3.42. The maximum absolute atomic E-state index is 5.42. The summed E-state index contributed by atoms with van der Waals surface area (Å²) in [7, 11) is 0. The zero-order valence-corrected chi connectivity index (χ0v) is 11.8. The Bertz CT molecular complexity index is 522. The minimum Gasteiger partial charge on any atom is -0.337 e. The number of thioether (sulfide) groups is 1. The van der Waals surface area contributed by atoms with Crippen LogP contribution in [0.1, 0.15) is 18.9 Å². The second-order valence-electron chi connectivity index (χ2n) is 4.65. The fourth-order valence-corrected chi connectivity index (χ4v) is 3.16. The standard InChI is InChI=1S/C14H17N3OS/c1-11(17-7-9-19-10-8-17)14-15-13(16-18-14)12-5-3-2-4-6-12/h2-6,11H,7-10H2,1H3/t11-/m0/s1. The number of benzene rings is 1. The smallest absolute Gasteiger partial charge is 0.244 e. The van der Waals surface area contributed by atoms with Gasteiger partial charge in [0, 0.05) is 30.2 Å². The average Bonchev–Trinajstić information content (AvgIpc) is 2.98. The highest BCUT2D eigenvalue weighted by Gasteiger charge is 2.23. The number of hydrogen-bond acceptors (Lipinski definition) is 5. The van der Waals surface area contributed by atoms with E-state index in [1.54, 1.807) is 0 Å². The van der Waals surface area contributed by atoms with Crippen LogP contribution in [0.2, 0.25) is 0 Å². The third-order valence-corrected chi connectivity index (χ3v) is 4.37. The molecule has 5 heteroatoms. The first-order valence-corrected chi connectivity index (χ1v) is 7.71. The molecular weight excluding hydrogens is 258 g/mol. The van der Waals surface area contributed by atoms with E-state index in [0.717, 1.165) is 18.7 Å². The van der Waals surface area contributed by atoms with Crippen LogP contribution in [0.15, 0.2) is 34.9 Å². The van der Waals surface area contributed by atoms with E-state index in [0.29, 0.717) is 11.7 Å². The van der Waals surface area contributed by atoms with Gasteiger partial charge in [0.25, 0.3) is 0 Å². The van der Waals surface area contributed by atoms with Gasteiger partial charge in [-0.15, -0.1) is 0 Å². The SMILES string of the molecule is C[C@@H](c1nc(-c2ccccc2)no1)N1CCSCC1. The van der Waals surface area contributed by atoms with E-state index >= 15 is 0 Å². The van der Waals surface area contributed by atoms with E-state index in [4.69, 9.17) is 4.52 Å². The molecule has 1 saturated heterocycles. The molecule has 0 aliphatic carbocycles. The zero-order chi connectivity index (χ0) is 13.1. The Kier molecular flexibility index (Phi) is 3.84. The molecule has 1 aromatic heterocycles. The Labute approximate surface area is 117 Å². The predicted octanol–water partition coefficient (Wildman–Crippen LogP) is 2.85. The van der Waals surface area contributed by atoms with Crippen molar-refractivity contribution in [1.29, 1.82) is 0 Å².